The molecule has 0 radical (unpaired) electrons. The summed E-state index contributed by atoms with van der Waals surface area (Å²) < 4.78 is 43.5. The number of benzene rings is 6. The highest BCUT2D eigenvalue weighted by Gasteiger charge is 2.42. The number of rotatable bonds is 10. The van der Waals surface area contributed by atoms with Gasteiger partial charge >= 0.3 is 12.1 Å². The molecule has 12 heteroatoms. The van der Waals surface area contributed by atoms with Crippen molar-refractivity contribution in [3.63, 3.8) is 0 Å². The third-order valence-corrected chi connectivity index (χ3v) is 9.27. The summed E-state index contributed by atoms with van der Waals surface area (Å²) in [6.45, 7) is 2.58. The van der Waals surface area contributed by atoms with Gasteiger partial charge in [-0.2, -0.15) is 18.7 Å². The lowest BCUT2D eigenvalue weighted by Crippen LogP contribution is -2.36. The molecule has 0 aromatic heterocycles. The van der Waals surface area contributed by atoms with E-state index in [9.17, 15) is 27.6 Å². The van der Waals surface area contributed by atoms with Crippen molar-refractivity contribution in [3.8, 4) is 22.6 Å². The number of nitrogens with two attached hydrogens (primary N) is 1. The first-order chi connectivity index (χ1) is 27.6. The maximum Gasteiger partial charge on any atom is 0.493 e. The lowest BCUT2D eigenvalue weighted by Gasteiger charge is -2.25. The zero-order valence-electron chi connectivity index (χ0n) is 30.9. The Morgan fingerprint density at radius 2 is 1.46 bits per heavy atom. The average Bonchev–Trinajstić information content (AvgIpc) is 3.24. The van der Waals surface area contributed by atoms with Gasteiger partial charge in [0.1, 0.15) is 5.75 Å². The zero-order chi connectivity index (χ0) is 40.2. The quantitative estimate of drug-likeness (QED) is 0.119. The van der Waals surface area contributed by atoms with Gasteiger partial charge < -0.3 is 25.5 Å². The smallest absolute Gasteiger partial charge is 0.455 e. The van der Waals surface area contributed by atoms with E-state index in [0.717, 1.165) is 46.1 Å². The van der Waals surface area contributed by atoms with Crippen LogP contribution in [0.4, 0.5) is 18.9 Å². The van der Waals surface area contributed by atoms with Gasteiger partial charge in [0, 0.05) is 25.9 Å². The largest absolute Gasteiger partial charge is 0.493 e. The molecular formula is C45H41F3N4O5. The molecule has 7 rings (SSSR count). The summed E-state index contributed by atoms with van der Waals surface area (Å²) >= 11 is 0. The first kappa shape index (κ1) is 40.2. The number of carbonyl (C=O) groups is 3. The van der Waals surface area contributed by atoms with Gasteiger partial charge in [0.25, 0.3) is 5.91 Å². The molecule has 4 N–H and O–H groups in total. The summed E-state index contributed by atoms with van der Waals surface area (Å²) in [6, 6.07) is 44.5. The predicted molar refractivity (Wildman–Crippen MR) is 213 cm³/mol. The highest BCUT2D eigenvalue weighted by atomic mass is 19.4. The third kappa shape index (κ3) is 10.8. The second kappa shape index (κ2) is 18.9. The van der Waals surface area contributed by atoms with Crippen LogP contribution in [0.3, 0.4) is 0 Å². The Bertz CT molecular complexity index is 2300. The number of fused-ring (bicyclic) bond motifs is 2. The maximum atomic E-state index is 13.7. The zero-order valence-corrected chi connectivity index (χ0v) is 30.9. The molecule has 0 unspecified atom stereocenters. The van der Waals surface area contributed by atoms with Crippen molar-refractivity contribution in [1.82, 2.24) is 10.8 Å². The molecule has 0 aliphatic carbocycles. The average molecular weight is 775 g/mol. The van der Waals surface area contributed by atoms with E-state index in [0.29, 0.717) is 23.7 Å². The van der Waals surface area contributed by atoms with E-state index in [1.807, 2.05) is 66.7 Å². The number of nitrogens with one attached hydrogen (secondary N) is 2. The Morgan fingerprint density at radius 1 is 0.754 bits per heavy atom. The van der Waals surface area contributed by atoms with Gasteiger partial charge in [0.05, 0.1) is 12.2 Å². The standard InChI is InChI=1S/C36H30F3N3O5.C9H11N/c37-36(38,39)35(45)47-41-33(43)19-20-34(44)42(31-13-3-4-14-32(31)46-28-10-5-7-25(21-28)22-40)23-24-15-17-27(18-16-24)30-12-6-9-26-8-1-2-11-29(26)30;1-2-4-9-7-10-6-5-8(9)3-1/h1-18,21H,19-20,22-23,40H2,(H,41,43);1-4,10H,5-7H2. The van der Waals surface area contributed by atoms with Crippen molar-refractivity contribution in [2.75, 3.05) is 11.4 Å². The lowest BCUT2D eigenvalue weighted by molar-refractivity contribution is -0.207. The van der Waals surface area contributed by atoms with Crippen LogP contribution in [0.25, 0.3) is 21.9 Å². The van der Waals surface area contributed by atoms with Crippen LogP contribution >= 0.6 is 0 Å². The van der Waals surface area contributed by atoms with Crippen molar-refractivity contribution in [3.05, 3.63) is 162 Å². The summed E-state index contributed by atoms with van der Waals surface area (Å²) in [5, 5.41) is 5.55. The number of ether oxygens (including phenoxy) is 1. The Labute approximate surface area is 328 Å². The van der Waals surface area contributed by atoms with Gasteiger partial charge in [-0.25, -0.2) is 4.79 Å². The van der Waals surface area contributed by atoms with E-state index in [2.05, 4.69) is 40.5 Å². The Hall–Kier alpha value is -6.50. The molecule has 0 spiro atoms. The number of alkyl halides is 3. The van der Waals surface area contributed by atoms with Gasteiger partial charge in [0.2, 0.25) is 5.91 Å². The number of hydroxylamine groups is 1. The molecule has 57 heavy (non-hydrogen) atoms. The molecule has 0 bridgehead atoms. The van der Waals surface area contributed by atoms with E-state index in [4.69, 9.17) is 10.5 Å². The molecule has 292 valence electrons. The van der Waals surface area contributed by atoms with Crippen LogP contribution in [0.1, 0.15) is 35.1 Å². The Kier molecular flexibility index (Phi) is 13.3. The minimum atomic E-state index is -5.28. The van der Waals surface area contributed by atoms with Crippen LogP contribution < -0.4 is 26.2 Å². The molecule has 6 aromatic carbocycles. The van der Waals surface area contributed by atoms with Crippen LogP contribution in [-0.4, -0.2) is 30.5 Å². The molecule has 9 nitrogen and oxygen atoms in total. The lowest BCUT2D eigenvalue weighted by atomic mass is 9.97. The fraction of sp³-hybridized carbons (Fsp3) is 0.178. The van der Waals surface area contributed by atoms with E-state index >= 15 is 0 Å². The number of hydrogen-bond donors (Lipinski definition) is 3. The third-order valence-electron chi connectivity index (χ3n) is 9.27. The second-order valence-corrected chi connectivity index (χ2v) is 13.2. The SMILES string of the molecule is NCc1cccc(Oc2ccccc2N(Cc2ccc(-c3cccc4ccccc34)cc2)C(=O)CCC(=O)NOC(=O)C(F)(F)F)c1.c1ccc2c(c1)CCNC2. The minimum Gasteiger partial charge on any atom is -0.455 e. The van der Waals surface area contributed by atoms with Gasteiger partial charge in [-0.3, -0.25) is 9.59 Å². The van der Waals surface area contributed by atoms with Crippen LogP contribution in [0.2, 0.25) is 0 Å². The highest BCUT2D eigenvalue weighted by Crippen LogP contribution is 2.35. The summed E-state index contributed by atoms with van der Waals surface area (Å²) in [6.07, 6.45) is -5.03. The highest BCUT2D eigenvalue weighted by molar-refractivity contribution is 5.98. The molecule has 0 fully saturated rings. The van der Waals surface area contributed by atoms with Gasteiger partial charge in [-0.1, -0.05) is 115 Å². The predicted octanol–water partition coefficient (Wildman–Crippen LogP) is 8.54. The van der Waals surface area contributed by atoms with Crippen LogP contribution in [0, 0.1) is 0 Å². The molecule has 0 saturated heterocycles. The normalized spacial score (nSPS) is 12.1. The molecule has 1 aliphatic rings. The van der Waals surface area contributed by atoms with E-state index in [-0.39, 0.29) is 6.54 Å². The Morgan fingerprint density at radius 3 is 2.23 bits per heavy atom. The maximum absolute atomic E-state index is 13.7. The molecular weight excluding hydrogens is 734 g/mol. The number of carbonyl (C=O) groups excluding carboxylic acids is 3. The molecule has 1 aliphatic heterocycles. The first-order valence-electron chi connectivity index (χ1n) is 18.4. The van der Waals surface area contributed by atoms with Crippen molar-refractivity contribution in [1.29, 1.82) is 0 Å². The van der Waals surface area contributed by atoms with E-state index < -0.39 is 36.8 Å². The fourth-order valence-corrected chi connectivity index (χ4v) is 6.37. The number of hydrogen-bond acceptors (Lipinski definition) is 7. The van der Waals surface area contributed by atoms with E-state index in [1.165, 1.54) is 27.9 Å². The number of amides is 2. The van der Waals surface area contributed by atoms with Gasteiger partial charge in [-0.15, -0.1) is 0 Å². The first-order valence-corrected chi connectivity index (χ1v) is 18.4. The van der Waals surface area contributed by atoms with Crippen molar-refractivity contribution < 1.29 is 37.1 Å². The fourth-order valence-electron chi connectivity index (χ4n) is 6.37. The molecule has 1 heterocycles. The van der Waals surface area contributed by atoms with Gasteiger partial charge in [-0.05, 0) is 81.4 Å². The van der Waals surface area contributed by atoms with Gasteiger partial charge in [0.15, 0.2) is 5.75 Å². The number of halogens is 3. The van der Waals surface area contributed by atoms with E-state index in [1.54, 1.807) is 42.5 Å². The number of para-hydroxylation sites is 2. The van der Waals surface area contributed by atoms with Crippen LogP contribution in [0.5, 0.6) is 11.5 Å². The van der Waals surface area contributed by atoms with Crippen molar-refractivity contribution >= 4 is 34.2 Å². The summed E-state index contributed by atoms with van der Waals surface area (Å²) in [5.41, 5.74) is 14.3. The monoisotopic (exact) mass is 774 g/mol. The topological polar surface area (TPSA) is 123 Å². The van der Waals surface area contributed by atoms with Crippen LogP contribution in [0.15, 0.2) is 140 Å². The molecule has 0 saturated carbocycles. The van der Waals surface area contributed by atoms with Crippen molar-refractivity contribution in [2.45, 2.75) is 45.1 Å². The molecule has 6 aromatic rings. The second-order valence-electron chi connectivity index (χ2n) is 13.2. The summed E-state index contributed by atoms with van der Waals surface area (Å²) in [5.74, 6) is -3.31. The van der Waals surface area contributed by atoms with Crippen LogP contribution in [-0.2, 0) is 45.3 Å². The number of nitrogens with zero attached hydrogens (tertiary/aromatic N) is 1. The molecule has 0 atom stereocenters. The minimum absolute atomic E-state index is 0.0859. The summed E-state index contributed by atoms with van der Waals surface area (Å²) in [4.78, 5) is 42.0. The summed E-state index contributed by atoms with van der Waals surface area (Å²) in [7, 11) is 0. The number of anilines is 1. The molecule has 2 amide bonds. The van der Waals surface area contributed by atoms with Crippen molar-refractivity contribution in [2.24, 2.45) is 5.73 Å². The Balaban J connectivity index is 0.000000472.